The average Bonchev–Trinajstić information content (AvgIpc) is 3.08. The van der Waals surface area contributed by atoms with Crippen molar-refractivity contribution in [1.29, 1.82) is 0 Å². The second-order valence-electron chi connectivity index (χ2n) is 4.22. The zero-order valence-electron chi connectivity index (χ0n) is 10.2. The number of carbonyl (C=O) groups is 1. The Hall–Kier alpha value is -1.40. The second kappa shape index (κ2) is 4.70. The van der Waals surface area contributed by atoms with E-state index >= 15 is 0 Å². The molecule has 5 nitrogen and oxygen atoms in total. The number of rotatable bonds is 4. The first-order chi connectivity index (χ1) is 8.43. The number of hydrogen-bond acceptors (Lipinski definition) is 5. The van der Waals surface area contributed by atoms with Crippen molar-refractivity contribution in [1.82, 2.24) is 5.32 Å². The number of esters is 1. The first-order valence-electron chi connectivity index (χ1n) is 5.66. The molecule has 0 saturated carbocycles. The summed E-state index contributed by atoms with van der Waals surface area (Å²) in [6.07, 6.45) is 1.17. The fraction of sp³-hybridized carbons (Fsp3) is 0.417. The molecule has 1 fully saturated rings. The minimum absolute atomic E-state index is 0.0716. The van der Waals surface area contributed by atoms with Crippen molar-refractivity contribution in [2.45, 2.75) is 23.9 Å². The molecule has 0 aromatic heterocycles. The van der Waals surface area contributed by atoms with Gasteiger partial charge in [-0.25, -0.2) is 8.42 Å². The number of benzene rings is 1. The molecule has 98 valence electrons. The molecule has 0 aliphatic carbocycles. The summed E-state index contributed by atoms with van der Waals surface area (Å²) in [6.45, 7) is 2.12. The summed E-state index contributed by atoms with van der Waals surface area (Å²) < 4.78 is 27.5. The molecule has 2 atom stereocenters. The number of nitrogens with one attached hydrogen (secondary N) is 1. The van der Waals surface area contributed by atoms with E-state index in [0.717, 1.165) is 5.56 Å². The fourth-order valence-electron chi connectivity index (χ4n) is 1.79. The normalized spacial score (nSPS) is 22.6. The molecular formula is C12H15NO4S. The monoisotopic (exact) mass is 269 g/mol. The highest BCUT2D eigenvalue weighted by molar-refractivity contribution is 7.90. The summed E-state index contributed by atoms with van der Waals surface area (Å²) in [6, 6.07) is 6.15. The van der Waals surface area contributed by atoms with Crippen LogP contribution >= 0.6 is 0 Å². The van der Waals surface area contributed by atoms with E-state index < -0.39 is 9.84 Å². The van der Waals surface area contributed by atoms with Crippen LogP contribution in [0.3, 0.4) is 0 Å². The molecule has 1 aliphatic heterocycles. The van der Waals surface area contributed by atoms with Gasteiger partial charge >= 0.3 is 5.97 Å². The predicted molar refractivity (Wildman–Crippen MR) is 65.8 cm³/mol. The fourth-order valence-corrected chi connectivity index (χ4v) is 2.42. The molecule has 6 heteroatoms. The van der Waals surface area contributed by atoms with Crippen LogP contribution in [0.25, 0.3) is 0 Å². The molecule has 18 heavy (non-hydrogen) atoms. The van der Waals surface area contributed by atoms with Crippen LogP contribution in [0.5, 0.6) is 0 Å². The van der Waals surface area contributed by atoms with Gasteiger partial charge in [-0.1, -0.05) is 12.1 Å². The lowest BCUT2D eigenvalue weighted by molar-refractivity contribution is -0.142. The van der Waals surface area contributed by atoms with Crippen LogP contribution < -0.4 is 5.32 Å². The molecule has 1 unspecified atom stereocenters. The standard InChI is InChI=1S/C12H15NO4S/c1-3-17-12(14)11-10(13-11)8-4-6-9(7-5-8)18(2,15)16/h4-7,10-11,13H,3H2,1-2H3/t10-,11?/m1/s1. The van der Waals surface area contributed by atoms with Gasteiger partial charge < -0.3 is 4.74 Å². The van der Waals surface area contributed by atoms with Crippen molar-refractivity contribution < 1.29 is 17.9 Å². The summed E-state index contributed by atoms with van der Waals surface area (Å²) in [4.78, 5) is 11.7. The lowest BCUT2D eigenvalue weighted by Gasteiger charge is -2.01. The van der Waals surface area contributed by atoms with Gasteiger partial charge in [-0.05, 0) is 24.6 Å². The van der Waals surface area contributed by atoms with Gasteiger partial charge in [0.05, 0.1) is 17.5 Å². The van der Waals surface area contributed by atoms with Crippen LogP contribution in [0.4, 0.5) is 0 Å². The van der Waals surface area contributed by atoms with Crippen LogP contribution in [0.15, 0.2) is 29.2 Å². The van der Waals surface area contributed by atoms with E-state index in [2.05, 4.69) is 5.32 Å². The lowest BCUT2D eigenvalue weighted by atomic mass is 10.1. The Morgan fingerprint density at radius 2 is 1.94 bits per heavy atom. The van der Waals surface area contributed by atoms with Gasteiger partial charge in [0, 0.05) is 6.26 Å². The van der Waals surface area contributed by atoms with E-state index in [1.807, 2.05) is 0 Å². The molecule has 2 rings (SSSR count). The zero-order chi connectivity index (χ0) is 13.3. The number of hydrogen-bond donors (Lipinski definition) is 1. The molecule has 0 amide bonds. The van der Waals surface area contributed by atoms with Gasteiger partial charge in [-0.2, -0.15) is 0 Å². The Morgan fingerprint density at radius 3 is 2.44 bits per heavy atom. The lowest BCUT2D eigenvalue weighted by Crippen LogP contribution is -2.13. The van der Waals surface area contributed by atoms with E-state index in [1.54, 1.807) is 31.2 Å². The van der Waals surface area contributed by atoms with Gasteiger partial charge in [0.1, 0.15) is 6.04 Å². The first kappa shape index (κ1) is 13.0. The molecule has 1 aromatic carbocycles. The van der Waals surface area contributed by atoms with Gasteiger partial charge in [-0.3, -0.25) is 10.1 Å². The van der Waals surface area contributed by atoms with Crippen molar-refractivity contribution in [3.8, 4) is 0 Å². The highest BCUT2D eigenvalue weighted by Crippen LogP contribution is 2.31. The van der Waals surface area contributed by atoms with Crippen LogP contribution in [-0.2, 0) is 19.4 Å². The van der Waals surface area contributed by atoms with Crippen LogP contribution in [0.2, 0.25) is 0 Å². The largest absolute Gasteiger partial charge is 0.465 e. The Kier molecular flexibility index (Phi) is 3.41. The highest BCUT2D eigenvalue weighted by atomic mass is 32.2. The molecule has 0 spiro atoms. The number of ether oxygens (including phenoxy) is 1. The quantitative estimate of drug-likeness (QED) is 0.641. The van der Waals surface area contributed by atoms with Crippen molar-refractivity contribution in [3.63, 3.8) is 0 Å². The molecule has 1 aliphatic rings. The SMILES string of the molecule is CCOC(=O)C1N[C@@H]1c1ccc(S(C)(=O)=O)cc1. The van der Waals surface area contributed by atoms with Crippen LogP contribution in [0.1, 0.15) is 18.5 Å². The molecular weight excluding hydrogens is 254 g/mol. The first-order valence-corrected chi connectivity index (χ1v) is 7.55. The van der Waals surface area contributed by atoms with Crippen molar-refractivity contribution in [3.05, 3.63) is 29.8 Å². The number of sulfone groups is 1. The summed E-state index contributed by atoms with van der Waals surface area (Å²) in [5.74, 6) is -0.269. The number of carbonyl (C=O) groups excluding carboxylic acids is 1. The molecule has 1 heterocycles. The molecule has 1 saturated heterocycles. The van der Waals surface area contributed by atoms with Crippen molar-refractivity contribution in [2.75, 3.05) is 12.9 Å². The van der Waals surface area contributed by atoms with E-state index in [-0.39, 0.29) is 22.9 Å². The maximum absolute atomic E-state index is 11.4. The third-order valence-electron chi connectivity index (χ3n) is 2.79. The van der Waals surface area contributed by atoms with E-state index in [0.29, 0.717) is 6.61 Å². The molecule has 1 N–H and O–H groups in total. The molecule has 1 aromatic rings. The van der Waals surface area contributed by atoms with Crippen molar-refractivity contribution >= 4 is 15.8 Å². The van der Waals surface area contributed by atoms with Crippen LogP contribution in [-0.4, -0.2) is 33.3 Å². The summed E-state index contributed by atoms with van der Waals surface area (Å²) >= 11 is 0. The Labute approximate surface area is 106 Å². The van der Waals surface area contributed by atoms with E-state index in [9.17, 15) is 13.2 Å². The van der Waals surface area contributed by atoms with Gasteiger partial charge in [0.2, 0.25) is 0 Å². The summed E-state index contributed by atoms with van der Waals surface area (Å²) in [5, 5.41) is 3.00. The highest BCUT2D eigenvalue weighted by Gasteiger charge is 2.44. The average molecular weight is 269 g/mol. The third kappa shape index (κ3) is 2.70. The van der Waals surface area contributed by atoms with E-state index in [4.69, 9.17) is 4.74 Å². The zero-order valence-corrected chi connectivity index (χ0v) is 11.0. The maximum atomic E-state index is 11.4. The Morgan fingerprint density at radius 1 is 1.33 bits per heavy atom. The van der Waals surface area contributed by atoms with Gasteiger partial charge in [0.15, 0.2) is 9.84 Å². The Balaban J connectivity index is 2.07. The topological polar surface area (TPSA) is 82.4 Å². The maximum Gasteiger partial charge on any atom is 0.325 e. The van der Waals surface area contributed by atoms with Crippen molar-refractivity contribution in [2.24, 2.45) is 0 Å². The molecule has 0 bridgehead atoms. The Bertz CT molecular complexity index is 550. The smallest absolute Gasteiger partial charge is 0.325 e. The van der Waals surface area contributed by atoms with Crippen LogP contribution in [0, 0.1) is 0 Å². The minimum Gasteiger partial charge on any atom is -0.465 e. The van der Waals surface area contributed by atoms with Gasteiger partial charge in [0.25, 0.3) is 0 Å². The third-order valence-corrected chi connectivity index (χ3v) is 3.92. The minimum atomic E-state index is -3.18. The van der Waals surface area contributed by atoms with Gasteiger partial charge in [-0.15, -0.1) is 0 Å². The summed E-state index contributed by atoms with van der Waals surface area (Å²) in [7, 11) is -3.18. The second-order valence-corrected chi connectivity index (χ2v) is 6.23. The molecule has 0 radical (unpaired) electrons. The summed E-state index contributed by atoms with van der Waals surface area (Å²) in [5.41, 5.74) is 0.889. The predicted octanol–water partition coefficient (Wildman–Crippen LogP) is 0.666. The van der Waals surface area contributed by atoms with E-state index in [1.165, 1.54) is 6.26 Å².